The molecule has 0 spiro atoms. The largest absolute Gasteiger partial charge is 0.509 e. The molecule has 6 heteroatoms. The molecule has 0 amide bonds. The second-order valence-corrected chi connectivity index (χ2v) is 23.6. The quantitative estimate of drug-likeness (QED) is 0.135. The summed E-state index contributed by atoms with van der Waals surface area (Å²) in [5, 5.41) is 2.22. The molecular weight excluding hydrogens is 1060 g/mol. The number of nitrogens with zero attached hydrogens (tertiary/aromatic N) is 4. The number of benzene rings is 7. The maximum atomic E-state index is 6.98. The Morgan fingerprint density at radius 3 is 1.64 bits per heavy atom. The summed E-state index contributed by atoms with van der Waals surface area (Å²) in [7, 11) is 0. The van der Waals surface area contributed by atoms with Crippen molar-refractivity contribution in [3.05, 3.63) is 222 Å². The van der Waals surface area contributed by atoms with Crippen LogP contribution in [0.2, 0.25) is 0 Å². The molecule has 1 aliphatic heterocycles. The van der Waals surface area contributed by atoms with Crippen molar-refractivity contribution in [2.24, 2.45) is 0 Å². The number of hydrogen-bond acceptors (Lipinski definition) is 4. The molecule has 0 N–H and O–H groups in total. The Morgan fingerprint density at radius 2 is 1.03 bits per heavy atom. The van der Waals surface area contributed by atoms with E-state index in [1.807, 2.05) is 12.3 Å². The van der Waals surface area contributed by atoms with E-state index in [0.29, 0.717) is 11.5 Å². The van der Waals surface area contributed by atoms with Gasteiger partial charge in [0.1, 0.15) is 5.82 Å². The summed E-state index contributed by atoms with van der Waals surface area (Å²) < 4.78 is 9.21. The Kier molecular flexibility index (Phi) is 13.0. The Labute approximate surface area is 443 Å². The van der Waals surface area contributed by atoms with Crippen LogP contribution < -0.4 is 14.5 Å². The molecule has 7 aromatic carbocycles. The maximum Gasteiger partial charge on any atom is 0.135 e. The van der Waals surface area contributed by atoms with E-state index in [9.17, 15) is 0 Å². The van der Waals surface area contributed by atoms with Crippen LogP contribution in [0.25, 0.3) is 27.6 Å². The van der Waals surface area contributed by atoms with Crippen LogP contribution in [0.3, 0.4) is 0 Å². The van der Waals surface area contributed by atoms with Gasteiger partial charge in [-0.25, -0.2) is 4.98 Å². The third-order valence-corrected chi connectivity index (χ3v) is 14.7. The van der Waals surface area contributed by atoms with E-state index in [0.717, 1.165) is 55.9 Å². The van der Waals surface area contributed by atoms with Crippen molar-refractivity contribution in [3.63, 3.8) is 0 Å². The molecule has 2 aromatic heterocycles. The summed E-state index contributed by atoms with van der Waals surface area (Å²) >= 11 is 0. The number of pyridine rings is 1. The molecule has 0 bridgehead atoms. The zero-order chi connectivity index (χ0) is 50.3. The fourth-order valence-electron chi connectivity index (χ4n) is 10.3. The molecule has 0 aliphatic carbocycles. The number of aromatic nitrogens is 2. The molecular formula is C66H67N4OPt-3. The third kappa shape index (κ3) is 9.30. The molecule has 0 atom stereocenters. The van der Waals surface area contributed by atoms with Gasteiger partial charge in [-0.3, -0.25) is 0 Å². The van der Waals surface area contributed by atoms with Gasteiger partial charge >= 0.3 is 0 Å². The molecule has 0 radical (unpaired) electrons. The summed E-state index contributed by atoms with van der Waals surface area (Å²) in [5.41, 5.74) is 14.1. The first-order valence-electron chi connectivity index (χ1n) is 25.1. The van der Waals surface area contributed by atoms with Crippen molar-refractivity contribution < 1.29 is 25.8 Å². The van der Waals surface area contributed by atoms with E-state index >= 15 is 0 Å². The maximum absolute atomic E-state index is 6.98. The van der Waals surface area contributed by atoms with Crippen molar-refractivity contribution in [2.45, 2.75) is 117 Å². The van der Waals surface area contributed by atoms with Crippen LogP contribution in [-0.4, -0.2) is 9.55 Å². The molecule has 9 aromatic rings. The predicted molar refractivity (Wildman–Crippen MR) is 297 cm³/mol. The van der Waals surface area contributed by atoms with E-state index in [1.54, 1.807) is 0 Å². The first-order valence-corrected chi connectivity index (χ1v) is 25.1. The van der Waals surface area contributed by atoms with Crippen LogP contribution in [-0.2, 0) is 48.1 Å². The number of rotatable bonds is 9. The molecule has 3 heterocycles. The van der Waals surface area contributed by atoms with Gasteiger partial charge in [-0.1, -0.05) is 187 Å². The smallest absolute Gasteiger partial charge is 0.135 e. The normalized spacial score (nSPS) is 13.4. The van der Waals surface area contributed by atoms with Gasteiger partial charge in [0.15, 0.2) is 0 Å². The van der Waals surface area contributed by atoms with E-state index in [1.165, 1.54) is 33.4 Å². The molecule has 370 valence electrons. The van der Waals surface area contributed by atoms with Gasteiger partial charge in [0, 0.05) is 72.2 Å². The average molecular weight is 1130 g/mol. The summed E-state index contributed by atoms with van der Waals surface area (Å²) in [4.78, 5) is 9.68. The van der Waals surface area contributed by atoms with Crippen molar-refractivity contribution in [1.29, 1.82) is 0 Å². The van der Waals surface area contributed by atoms with Gasteiger partial charge in [-0.2, -0.15) is 6.07 Å². The van der Waals surface area contributed by atoms with E-state index in [2.05, 4.69) is 275 Å². The van der Waals surface area contributed by atoms with Crippen LogP contribution in [0.1, 0.15) is 129 Å². The van der Waals surface area contributed by atoms with Gasteiger partial charge in [0.25, 0.3) is 0 Å². The zero-order valence-corrected chi connectivity index (χ0v) is 46.5. The Morgan fingerprint density at radius 1 is 0.458 bits per heavy atom. The Bertz CT molecular complexity index is 3440. The van der Waals surface area contributed by atoms with Crippen molar-refractivity contribution in [2.75, 3.05) is 9.80 Å². The average Bonchev–Trinajstić information content (AvgIpc) is 3.89. The Hall–Kier alpha value is -6.42. The topological polar surface area (TPSA) is 33.5 Å². The minimum atomic E-state index is -0.238. The number of hydrogen-bond donors (Lipinski definition) is 0. The second-order valence-electron chi connectivity index (χ2n) is 23.6. The first kappa shape index (κ1) is 50.5. The van der Waals surface area contributed by atoms with Gasteiger partial charge < -0.3 is 19.1 Å². The molecule has 72 heavy (non-hydrogen) atoms. The minimum Gasteiger partial charge on any atom is -0.509 e. The van der Waals surface area contributed by atoms with E-state index < -0.39 is 0 Å². The summed E-state index contributed by atoms with van der Waals surface area (Å²) in [5.74, 6) is 2.06. The van der Waals surface area contributed by atoms with Crippen LogP contribution in [0.15, 0.2) is 164 Å². The van der Waals surface area contributed by atoms with Crippen molar-refractivity contribution in [1.82, 2.24) is 9.55 Å². The minimum absolute atomic E-state index is 0. The van der Waals surface area contributed by atoms with Crippen LogP contribution in [0.5, 0.6) is 11.5 Å². The van der Waals surface area contributed by atoms with Crippen LogP contribution in [0, 0.1) is 18.8 Å². The molecule has 0 fully saturated rings. The first-order chi connectivity index (χ1) is 33.6. The number of para-hydroxylation sites is 1. The molecule has 0 unspecified atom stereocenters. The van der Waals surface area contributed by atoms with E-state index in [4.69, 9.17) is 9.72 Å². The Balaban J connectivity index is 0.00000640. The fraction of sp³-hybridized carbons (Fsp3) is 0.273. The summed E-state index contributed by atoms with van der Waals surface area (Å²) in [6.07, 6.45) is 1.93. The van der Waals surface area contributed by atoms with Gasteiger partial charge in [-0.15, -0.1) is 53.6 Å². The van der Waals surface area contributed by atoms with Crippen molar-refractivity contribution in [3.8, 4) is 17.3 Å². The molecule has 1 aliphatic rings. The van der Waals surface area contributed by atoms with Gasteiger partial charge in [0.05, 0.1) is 0 Å². The van der Waals surface area contributed by atoms with Crippen molar-refractivity contribution >= 4 is 44.6 Å². The number of ether oxygens (including phenoxy) is 1. The summed E-state index contributed by atoms with van der Waals surface area (Å²) in [6, 6.07) is 64.4. The van der Waals surface area contributed by atoms with Gasteiger partial charge in [0.2, 0.25) is 0 Å². The van der Waals surface area contributed by atoms with E-state index in [-0.39, 0.29) is 48.1 Å². The molecule has 0 saturated heterocycles. The standard InChI is InChI=1S/C66H67N4O.Pt/c1-62(2,3)48-36-50(69-43-68(59-41-55(63(4,5)6)56(42-60(59)69)64(7,8)9)49-28-22-27-46(35-49)65(10,11)44-23-16-14-17-24-44)39-52(37-48)71-51-31-32-54-53-29-20-21-30-57(53)70(58(54)40-51)61-38-47(33-34-67-61)66(12,13)45-25-18-15-19-26-45;/h14-38,41-43H,1-13H3;/q-3;. The van der Waals surface area contributed by atoms with Crippen LogP contribution >= 0.6 is 0 Å². The predicted octanol–water partition coefficient (Wildman–Crippen LogP) is 17.5. The fourth-order valence-corrected chi connectivity index (χ4v) is 10.3. The monoisotopic (exact) mass is 1130 g/mol. The number of fused-ring (bicyclic) bond motifs is 4. The second kappa shape index (κ2) is 18.6. The summed E-state index contributed by atoms with van der Waals surface area (Å²) in [6.45, 7) is 32.1. The third-order valence-electron chi connectivity index (χ3n) is 14.7. The molecule has 10 rings (SSSR count). The van der Waals surface area contributed by atoms with Crippen LogP contribution in [0.4, 0.5) is 22.7 Å². The van der Waals surface area contributed by atoms with Gasteiger partial charge in [-0.05, 0) is 97.5 Å². The number of anilines is 4. The SMILES string of the molecule is CC(C)(C)c1cc(Oc2[c-]c3c(cc2)c2ccccc2n3-c2cc(C(C)(C)c3ccccc3)ccn2)[c-]c(N2[CH-]N(c3cccc(C(C)(C)c4ccccc4)c3)c3cc(C(C)(C)C)c(C(C)(C)C)cc32)c1.[Pt]. The zero-order valence-electron chi connectivity index (χ0n) is 44.2. The molecule has 5 nitrogen and oxygen atoms in total. The molecule has 0 saturated carbocycles.